The highest BCUT2D eigenvalue weighted by molar-refractivity contribution is 14.1. The molecule has 0 N–H and O–H groups in total. The molecule has 0 aliphatic rings. The van der Waals surface area contributed by atoms with Crippen LogP contribution >= 0.6 is 22.6 Å². The lowest BCUT2D eigenvalue weighted by Gasteiger charge is -2.16. The molecule has 4 aromatic rings. The highest BCUT2D eigenvalue weighted by Crippen LogP contribution is 2.34. The number of hydrogen-bond acceptors (Lipinski definition) is 5. The first-order valence-corrected chi connectivity index (χ1v) is 11.2. The quantitative estimate of drug-likeness (QED) is 0.245. The molecule has 0 aliphatic carbocycles. The van der Waals surface area contributed by atoms with Crippen LogP contribution in [0.4, 0.5) is 0 Å². The summed E-state index contributed by atoms with van der Waals surface area (Å²) in [4.78, 5) is 18.0. The third-order valence-electron chi connectivity index (χ3n) is 4.71. The van der Waals surface area contributed by atoms with E-state index in [-0.39, 0.29) is 11.7 Å². The Kier molecular flexibility index (Phi) is 6.55. The second-order valence-corrected chi connectivity index (χ2v) is 8.54. The van der Waals surface area contributed by atoms with Gasteiger partial charge in [0.2, 0.25) is 0 Å². The van der Waals surface area contributed by atoms with E-state index < -0.39 is 0 Å². The Morgan fingerprint density at radius 2 is 1.78 bits per heavy atom. The Morgan fingerprint density at radius 1 is 1.06 bits per heavy atom. The summed E-state index contributed by atoms with van der Waals surface area (Å²) in [6.45, 7) is 3.93. The van der Waals surface area contributed by atoms with Crippen LogP contribution in [0.1, 0.15) is 19.4 Å². The summed E-state index contributed by atoms with van der Waals surface area (Å²) in [5.41, 5.74) is 1.99. The minimum Gasteiger partial charge on any atom is -0.493 e. The second kappa shape index (κ2) is 9.52. The van der Waals surface area contributed by atoms with Gasteiger partial charge in [-0.3, -0.25) is 4.79 Å². The zero-order chi connectivity index (χ0) is 22.7. The molecule has 0 spiro atoms. The Labute approximate surface area is 199 Å². The van der Waals surface area contributed by atoms with Crippen LogP contribution < -0.4 is 15.0 Å². The zero-order valence-electron chi connectivity index (χ0n) is 17.9. The maximum atomic E-state index is 13.3. The predicted octanol–water partition coefficient (Wildman–Crippen LogP) is 5.35. The number of aromatic nitrogens is 2. The molecule has 0 saturated carbocycles. The van der Waals surface area contributed by atoms with E-state index in [4.69, 9.17) is 14.5 Å². The van der Waals surface area contributed by atoms with Crippen LogP contribution in [0.5, 0.6) is 11.5 Å². The van der Waals surface area contributed by atoms with E-state index in [1.54, 1.807) is 19.4 Å². The zero-order valence-corrected chi connectivity index (χ0v) is 20.1. The average molecular weight is 539 g/mol. The average Bonchev–Trinajstić information content (AvgIpc) is 2.80. The van der Waals surface area contributed by atoms with Crippen molar-refractivity contribution in [1.82, 2.24) is 9.66 Å². The molecule has 0 saturated heterocycles. The Balaban J connectivity index is 1.85. The number of para-hydroxylation sites is 1. The molecular weight excluding hydrogens is 517 g/mol. The molecule has 4 rings (SSSR count). The minimum atomic E-state index is -0.230. The maximum absolute atomic E-state index is 13.3. The van der Waals surface area contributed by atoms with Crippen LogP contribution in [0.2, 0.25) is 0 Å². The van der Waals surface area contributed by atoms with Crippen molar-refractivity contribution >= 4 is 39.7 Å². The fourth-order valence-corrected chi connectivity index (χ4v) is 4.05. The van der Waals surface area contributed by atoms with Gasteiger partial charge in [-0.05, 0) is 66.3 Å². The number of benzene rings is 3. The van der Waals surface area contributed by atoms with E-state index in [9.17, 15) is 4.79 Å². The molecule has 0 radical (unpaired) electrons. The largest absolute Gasteiger partial charge is 0.493 e. The van der Waals surface area contributed by atoms with Crippen molar-refractivity contribution in [3.63, 3.8) is 0 Å². The molecule has 0 aliphatic heterocycles. The van der Waals surface area contributed by atoms with Gasteiger partial charge in [0.25, 0.3) is 5.56 Å². The van der Waals surface area contributed by atoms with Gasteiger partial charge in [-0.2, -0.15) is 9.78 Å². The maximum Gasteiger partial charge on any atom is 0.282 e. The van der Waals surface area contributed by atoms with Crippen LogP contribution in [-0.4, -0.2) is 29.1 Å². The topological polar surface area (TPSA) is 65.7 Å². The number of nitrogens with zero attached hydrogens (tertiary/aromatic N) is 3. The van der Waals surface area contributed by atoms with Gasteiger partial charge in [0.1, 0.15) is 0 Å². The summed E-state index contributed by atoms with van der Waals surface area (Å²) in [5, 5.41) is 5.04. The minimum absolute atomic E-state index is 0.0209. The second-order valence-electron chi connectivity index (χ2n) is 7.38. The fraction of sp³-hybridized carbons (Fsp3) is 0.160. The van der Waals surface area contributed by atoms with Gasteiger partial charge in [-0.1, -0.05) is 42.5 Å². The van der Waals surface area contributed by atoms with Gasteiger partial charge in [0.05, 0.1) is 33.9 Å². The van der Waals surface area contributed by atoms with Crippen LogP contribution in [0.15, 0.2) is 76.6 Å². The van der Waals surface area contributed by atoms with Crippen LogP contribution in [-0.2, 0) is 0 Å². The standard InChI is InChI=1S/C25H22IN3O3/c1-16(2)32-23-20(26)13-17(14-22(23)31-3)15-27-29-24(18-9-5-4-6-10-18)28-21-12-8-7-11-19(21)25(29)30/h4-16H,1-3H3. The van der Waals surface area contributed by atoms with Crippen molar-refractivity contribution < 1.29 is 9.47 Å². The van der Waals surface area contributed by atoms with Crippen molar-refractivity contribution in [3.05, 3.63) is 86.2 Å². The Hall–Kier alpha value is -3.20. The normalized spacial score (nSPS) is 11.4. The van der Waals surface area contributed by atoms with E-state index in [0.717, 1.165) is 14.7 Å². The molecule has 0 amide bonds. The smallest absolute Gasteiger partial charge is 0.282 e. The molecule has 0 unspecified atom stereocenters. The highest BCUT2D eigenvalue weighted by Gasteiger charge is 2.14. The van der Waals surface area contributed by atoms with E-state index in [0.29, 0.717) is 28.2 Å². The number of methoxy groups -OCH3 is 1. The summed E-state index contributed by atoms with van der Waals surface area (Å²) in [5.74, 6) is 1.78. The van der Waals surface area contributed by atoms with Crippen LogP contribution in [0, 0.1) is 3.57 Å². The summed E-state index contributed by atoms with van der Waals surface area (Å²) in [6, 6.07) is 20.6. The van der Waals surface area contributed by atoms with Gasteiger partial charge in [-0.15, -0.1) is 0 Å². The monoisotopic (exact) mass is 539 g/mol. The molecular formula is C25H22IN3O3. The fourth-order valence-electron chi connectivity index (χ4n) is 3.29. The molecule has 0 atom stereocenters. The summed E-state index contributed by atoms with van der Waals surface area (Å²) < 4.78 is 13.6. The SMILES string of the molecule is COc1cc(C=Nn2c(-c3ccccc3)nc3ccccc3c2=O)cc(I)c1OC(C)C. The third kappa shape index (κ3) is 4.52. The summed E-state index contributed by atoms with van der Waals surface area (Å²) >= 11 is 2.21. The van der Waals surface area contributed by atoms with Gasteiger partial charge < -0.3 is 9.47 Å². The van der Waals surface area contributed by atoms with Gasteiger partial charge >= 0.3 is 0 Å². The van der Waals surface area contributed by atoms with Crippen LogP contribution in [0.3, 0.4) is 0 Å². The molecule has 3 aromatic carbocycles. The Morgan fingerprint density at radius 3 is 2.50 bits per heavy atom. The summed E-state index contributed by atoms with van der Waals surface area (Å²) in [6.07, 6.45) is 1.65. The third-order valence-corrected chi connectivity index (χ3v) is 5.51. The first kappa shape index (κ1) is 22.0. The van der Waals surface area contributed by atoms with E-state index >= 15 is 0 Å². The van der Waals surface area contributed by atoms with Crippen molar-refractivity contribution in [1.29, 1.82) is 0 Å². The first-order valence-electron chi connectivity index (χ1n) is 10.1. The van der Waals surface area contributed by atoms with E-state index in [1.807, 2.05) is 74.5 Å². The number of halogens is 1. The lowest BCUT2D eigenvalue weighted by molar-refractivity contribution is 0.228. The lowest BCUT2D eigenvalue weighted by Crippen LogP contribution is -2.20. The first-order chi connectivity index (χ1) is 15.5. The Bertz CT molecular complexity index is 1350. The molecule has 0 bridgehead atoms. The highest BCUT2D eigenvalue weighted by atomic mass is 127. The molecule has 32 heavy (non-hydrogen) atoms. The summed E-state index contributed by atoms with van der Waals surface area (Å²) in [7, 11) is 1.60. The van der Waals surface area contributed by atoms with Crippen LogP contribution in [0.25, 0.3) is 22.3 Å². The molecule has 7 heteroatoms. The molecule has 162 valence electrons. The number of hydrogen-bond donors (Lipinski definition) is 0. The molecule has 0 fully saturated rings. The number of fused-ring (bicyclic) bond motifs is 1. The van der Waals surface area contributed by atoms with Gasteiger partial charge in [-0.25, -0.2) is 4.98 Å². The van der Waals surface area contributed by atoms with Gasteiger partial charge in [0.15, 0.2) is 17.3 Å². The van der Waals surface area contributed by atoms with E-state index in [2.05, 4.69) is 27.7 Å². The number of ether oxygens (including phenoxy) is 2. The van der Waals surface area contributed by atoms with Crippen molar-refractivity contribution in [2.45, 2.75) is 20.0 Å². The van der Waals surface area contributed by atoms with Crippen molar-refractivity contribution in [2.75, 3.05) is 7.11 Å². The predicted molar refractivity (Wildman–Crippen MR) is 136 cm³/mol. The molecule has 6 nitrogen and oxygen atoms in total. The lowest BCUT2D eigenvalue weighted by atomic mass is 10.2. The molecule has 1 heterocycles. The van der Waals surface area contributed by atoms with E-state index in [1.165, 1.54) is 4.68 Å². The van der Waals surface area contributed by atoms with Crippen molar-refractivity contribution in [3.8, 4) is 22.9 Å². The van der Waals surface area contributed by atoms with Gasteiger partial charge in [0, 0.05) is 5.56 Å². The number of rotatable bonds is 6. The van der Waals surface area contributed by atoms with Crippen molar-refractivity contribution in [2.24, 2.45) is 5.10 Å². The molecule has 1 aromatic heterocycles.